The smallest absolute Gasteiger partial charge is 0.255 e. The monoisotopic (exact) mass is 385 g/mol. The van der Waals surface area contributed by atoms with Crippen molar-refractivity contribution < 1.29 is 9.90 Å². The Kier molecular flexibility index (Phi) is 4.79. The van der Waals surface area contributed by atoms with Gasteiger partial charge in [-0.1, -0.05) is 12.5 Å². The molecule has 1 aromatic rings. The lowest BCUT2D eigenvalue weighted by Gasteiger charge is -2.45. The van der Waals surface area contributed by atoms with Crippen LogP contribution in [0.15, 0.2) is 16.9 Å². The van der Waals surface area contributed by atoms with Gasteiger partial charge in [-0.05, 0) is 57.2 Å². The van der Waals surface area contributed by atoms with E-state index < -0.39 is 0 Å². The van der Waals surface area contributed by atoms with Crippen molar-refractivity contribution in [3.63, 3.8) is 0 Å². The van der Waals surface area contributed by atoms with Crippen LogP contribution in [-0.2, 0) is 17.9 Å². The molecule has 1 N–H and O–H groups in total. The summed E-state index contributed by atoms with van der Waals surface area (Å²) in [5.41, 5.74) is 2.21. The summed E-state index contributed by atoms with van der Waals surface area (Å²) < 4.78 is 2.01. The topological polar surface area (TPSA) is 65.8 Å². The second-order valence-corrected chi connectivity index (χ2v) is 9.40. The normalized spacial score (nSPS) is 32.5. The Labute approximate surface area is 166 Å². The highest BCUT2D eigenvalue weighted by Gasteiger charge is 2.41. The van der Waals surface area contributed by atoms with Gasteiger partial charge in [0, 0.05) is 49.3 Å². The number of likely N-dealkylation sites (tertiary alicyclic amines) is 2. The first kappa shape index (κ1) is 18.4. The highest BCUT2D eigenvalue weighted by Crippen LogP contribution is 2.37. The summed E-state index contributed by atoms with van der Waals surface area (Å²) in [6.45, 7) is 5.16. The molecule has 0 spiro atoms. The van der Waals surface area contributed by atoms with Gasteiger partial charge in [-0.3, -0.25) is 14.5 Å². The Morgan fingerprint density at radius 3 is 2.57 bits per heavy atom. The highest BCUT2D eigenvalue weighted by atomic mass is 16.3. The zero-order valence-electron chi connectivity index (χ0n) is 16.6. The molecule has 28 heavy (non-hydrogen) atoms. The van der Waals surface area contributed by atoms with Gasteiger partial charge in [-0.15, -0.1) is 0 Å². The lowest BCUT2D eigenvalue weighted by molar-refractivity contribution is -0.145. The van der Waals surface area contributed by atoms with E-state index in [0.717, 1.165) is 50.4 Å². The van der Waals surface area contributed by atoms with Crippen LogP contribution in [0.4, 0.5) is 0 Å². The molecule has 3 fully saturated rings. The second-order valence-electron chi connectivity index (χ2n) is 9.40. The van der Waals surface area contributed by atoms with Gasteiger partial charge in [0.1, 0.15) is 0 Å². The van der Waals surface area contributed by atoms with Crippen LogP contribution in [0.2, 0.25) is 0 Å². The van der Waals surface area contributed by atoms with E-state index in [9.17, 15) is 14.7 Å². The first-order valence-electron chi connectivity index (χ1n) is 11.0. The number of aliphatic hydroxyl groups is 1. The van der Waals surface area contributed by atoms with E-state index in [1.54, 1.807) is 0 Å². The fourth-order valence-corrected chi connectivity index (χ4v) is 5.70. The summed E-state index contributed by atoms with van der Waals surface area (Å²) in [7, 11) is 0. The largest absolute Gasteiger partial charge is 0.393 e. The molecule has 6 heteroatoms. The van der Waals surface area contributed by atoms with E-state index in [1.165, 1.54) is 19.3 Å². The quantitative estimate of drug-likeness (QED) is 0.857. The van der Waals surface area contributed by atoms with Crippen LogP contribution in [0.3, 0.4) is 0 Å². The Bertz CT molecular complexity index is 808. The van der Waals surface area contributed by atoms with Crippen molar-refractivity contribution in [2.45, 2.75) is 63.6 Å². The van der Waals surface area contributed by atoms with E-state index in [0.29, 0.717) is 25.3 Å². The number of pyridine rings is 1. The first-order chi connectivity index (χ1) is 13.6. The minimum atomic E-state index is -0.295. The van der Waals surface area contributed by atoms with E-state index in [2.05, 4.69) is 11.0 Å². The molecule has 5 rings (SSSR count). The molecule has 2 bridgehead atoms. The molecule has 1 amide bonds. The van der Waals surface area contributed by atoms with Gasteiger partial charge in [0.15, 0.2) is 0 Å². The van der Waals surface area contributed by atoms with Crippen LogP contribution in [0, 0.1) is 11.8 Å². The van der Waals surface area contributed by atoms with Crippen molar-refractivity contribution in [3.05, 3.63) is 33.7 Å². The van der Waals surface area contributed by atoms with Crippen LogP contribution >= 0.6 is 0 Å². The van der Waals surface area contributed by atoms with E-state index >= 15 is 0 Å². The SMILES string of the molecule is O=C(C1CC(O)C1)N1C[C@@H]2C[C@H](C1)c1ccc(CN3CCCCC3)c(=O)n1C2. The van der Waals surface area contributed by atoms with Crippen molar-refractivity contribution in [3.8, 4) is 0 Å². The molecule has 0 unspecified atom stereocenters. The predicted molar refractivity (Wildman–Crippen MR) is 106 cm³/mol. The number of carbonyl (C=O) groups is 1. The molecular weight excluding hydrogens is 354 g/mol. The third-order valence-corrected chi connectivity index (χ3v) is 7.30. The summed E-state index contributed by atoms with van der Waals surface area (Å²) in [5.74, 6) is 0.835. The number of aromatic nitrogens is 1. The van der Waals surface area contributed by atoms with Gasteiger partial charge in [-0.25, -0.2) is 0 Å². The summed E-state index contributed by atoms with van der Waals surface area (Å²) in [5, 5.41) is 9.52. The molecule has 3 aliphatic heterocycles. The maximum absolute atomic E-state index is 13.2. The molecule has 152 valence electrons. The molecule has 2 atom stereocenters. The van der Waals surface area contributed by atoms with E-state index in [1.807, 2.05) is 15.5 Å². The van der Waals surface area contributed by atoms with E-state index in [-0.39, 0.29) is 29.4 Å². The second kappa shape index (κ2) is 7.30. The molecule has 6 nitrogen and oxygen atoms in total. The minimum Gasteiger partial charge on any atom is -0.393 e. The number of aliphatic hydroxyl groups excluding tert-OH is 1. The Hall–Kier alpha value is -1.66. The summed E-state index contributed by atoms with van der Waals surface area (Å²) in [4.78, 5) is 30.3. The third kappa shape index (κ3) is 3.30. The fraction of sp³-hybridized carbons (Fsp3) is 0.727. The number of rotatable bonds is 3. The first-order valence-corrected chi connectivity index (χ1v) is 11.0. The van der Waals surface area contributed by atoms with Crippen molar-refractivity contribution >= 4 is 5.91 Å². The van der Waals surface area contributed by atoms with Crippen molar-refractivity contribution in [1.82, 2.24) is 14.4 Å². The van der Waals surface area contributed by atoms with Crippen molar-refractivity contribution in [2.24, 2.45) is 11.8 Å². The Morgan fingerprint density at radius 1 is 1.04 bits per heavy atom. The summed E-state index contributed by atoms with van der Waals surface area (Å²) in [6.07, 6.45) is 5.77. The molecule has 4 heterocycles. The summed E-state index contributed by atoms with van der Waals surface area (Å²) >= 11 is 0. The molecule has 1 aromatic heterocycles. The number of piperidine rings is 2. The van der Waals surface area contributed by atoms with Gasteiger partial charge in [0.25, 0.3) is 5.56 Å². The van der Waals surface area contributed by atoms with Crippen molar-refractivity contribution in [2.75, 3.05) is 26.2 Å². The van der Waals surface area contributed by atoms with E-state index in [4.69, 9.17) is 0 Å². The van der Waals surface area contributed by atoms with Crippen LogP contribution < -0.4 is 5.56 Å². The molecule has 4 aliphatic rings. The van der Waals surface area contributed by atoms with Crippen LogP contribution in [0.5, 0.6) is 0 Å². The highest BCUT2D eigenvalue weighted by molar-refractivity contribution is 5.80. The number of hydrogen-bond acceptors (Lipinski definition) is 4. The maximum Gasteiger partial charge on any atom is 0.255 e. The summed E-state index contributed by atoms with van der Waals surface area (Å²) in [6, 6.07) is 4.18. The number of hydrogen-bond donors (Lipinski definition) is 1. The number of amides is 1. The lowest BCUT2D eigenvalue weighted by Crippen LogP contribution is -2.52. The standard InChI is InChI=1S/C22H31N3O3/c26-19-9-17(10-19)21(27)24-11-15-8-18(14-24)20-5-4-16(22(28)25(20)12-15)13-23-6-2-1-3-7-23/h4-5,15,17-19,26H,1-3,6-14H2/t15-,17?,18+,19?/m0/s1. The number of carbonyl (C=O) groups excluding carboxylic acids is 1. The molecular formula is C22H31N3O3. The third-order valence-electron chi connectivity index (χ3n) is 7.30. The van der Waals surface area contributed by atoms with Crippen LogP contribution in [-0.4, -0.2) is 57.7 Å². The van der Waals surface area contributed by atoms with Crippen molar-refractivity contribution in [1.29, 1.82) is 0 Å². The van der Waals surface area contributed by atoms with Gasteiger partial charge < -0.3 is 14.6 Å². The lowest BCUT2D eigenvalue weighted by atomic mass is 9.78. The van der Waals surface area contributed by atoms with Gasteiger partial charge in [-0.2, -0.15) is 0 Å². The van der Waals surface area contributed by atoms with Crippen LogP contribution in [0.25, 0.3) is 0 Å². The average molecular weight is 386 g/mol. The van der Waals surface area contributed by atoms with Gasteiger partial charge in [0.2, 0.25) is 5.91 Å². The minimum absolute atomic E-state index is 0.00272. The zero-order valence-corrected chi connectivity index (χ0v) is 16.6. The molecule has 0 aromatic carbocycles. The molecule has 1 saturated carbocycles. The Balaban J connectivity index is 1.33. The molecule has 0 radical (unpaired) electrons. The molecule has 2 saturated heterocycles. The van der Waals surface area contributed by atoms with Gasteiger partial charge >= 0.3 is 0 Å². The van der Waals surface area contributed by atoms with Crippen LogP contribution in [0.1, 0.15) is 55.7 Å². The predicted octanol–water partition coefficient (Wildman–Crippen LogP) is 1.55. The number of fused-ring (bicyclic) bond motifs is 4. The average Bonchev–Trinajstić information content (AvgIpc) is 2.68. The molecule has 1 aliphatic carbocycles. The Morgan fingerprint density at radius 2 is 1.82 bits per heavy atom. The number of nitrogens with zero attached hydrogens (tertiary/aromatic N) is 3. The van der Waals surface area contributed by atoms with Gasteiger partial charge in [0.05, 0.1) is 6.10 Å². The fourth-order valence-electron chi connectivity index (χ4n) is 5.70. The maximum atomic E-state index is 13.2. The zero-order chi connectivity index (χ0) is 19.3.